The Morgan fingerprint density at radius 2 is 1.73 bits per heavy atom. The molecule has 0 unspecified atom stereocenters. The van der Waals surface area contributed by atoms with Crippen LogP contribution < -0.4 is 21.5 Å². The Hall–Kier alpha value is -6.14. The largest absolute Gasteiger partial charge is 0.458 e. The molecule has 0 saturated heterocycles. The smallest absolute Gasteiger partial charge is 0.343 e. The van der Waals surface area contributed by atoms with Gasteiger partial charge in [-0.15, -0.1) is 0 Å². The van der Waals surface area contributed by atoms with E-state index in [9.17, 15) is 43.5 Å². The molecule has 0 radical (unpaired) electrons. The lowest BCUT2D eigenvalue weighted by atomic mass is 9.86. The second kappa shape index (κ2) is 18.9. The summed E-state index contributed by atoms with van der Waals surface area (Å²) in [7, 11) is 0. The molecule has 2 aromatic heterocycles. The normalized spacial score (nSPS) is 17.4. The number of carbonyl (C=O) groups excluding carboxylic acids is 7. The van der Waals surface area contributed by atoms with E-state index in [0.29, 0.717) is 47.2 Å². The van der Waals surface area contributed by atoms with Gasteiger partial charge in [0.25, 0.3) is 17.4 Å². The lowest BCUT2D eigenvalue weighted by Gasteiger charge is -2.31. The molecule has 0 bridgehead atoms. The Bertz CT molecular complexity index is 2430. The molecule has 62 heavy (non-hydrogen) atoms. The van der Waals surface area contributed by atoms with Crippen LogP contribution in [0.4, 0.5) is 4.39 Å². The van der Waals surface area contributed by atoms with Crippen LogP contribution in [0, 0.1) is 24.6 Å². The molecule has 3 atom stereocenters. The number of amides is 5. The van der Waals surface area contributed by atoms with Crippen molar-refractivity contribution < 1.29 is 52.5 Å². The van der Waals surface area contributed by atoms with Crippen LogP contribution in [0.25, 0.3) is 22.3 Å². The summed E-state index contributed by atoms with van der Waals surface area (Å²) in [6.45, 7) is 7.59. The van der Waals surface area contributed by atoms with Gasteiger partial charge in [-0.1, -0.05) is 34.1 Å². The maximum absolute atomic E-state index is 15.3. The number of benzene rings is 1. The summed E-state index contributed by atoms with van der Waals surface area (Å²) in [5, 5.41) is 19.7. The van der Waals surface area contributed by atoms with Crippen molar-refractivity contribution in [2.45, 2.75) is 104 Å². The molecule has 3 aliphatic heterocycles. The average Bonchev–Trinajstić information content (AvgIpc) is 3.76. The summed E-state index contributed by atoms with van der Waals surface area (Å²) in [5.74, 6) is -4.79. The number of fused-ring (bicyclic) bond motifs is 5. The third kappa shape index (κ3) is 9.35. The molecule has 3 aromatic rings. The van der Waals surface area contributed by atoms with E-state index in [1.807, 2.05) is 0 Å². The van der Waals surface area contributed by atoms with Crippen molar-refractivity contribution in [1.82, 2.24) is 30.4 Å². The van der Waals surface area contributed by atoms with E-state index >= 15 is 4.39 Å². The lowest BCUT2D eigenvalue weighted by molar-refractivity contribution is -0.172. The number of carbonyl (C=O) groups is 7. The van der Waals surface area contributed by atoms with Gasteiger partial charge in [-0.25, -0.2) is 14.2 Å². The number of cyclic esters (lactones) is 1. The van der Waals surface area contributed by atoms with Gasteiger partial charge in [-0.2, -0.15) is 0 Å². The number of ether oxygens (including phenoxy) is 2. The third-order valence-electron chi connectivity index (χ3n) is 11.7. The van der Waals surface area contributed by atoms with Gasteiger partial charge in [0.1, 0.15) is 25.8 Å². The number of nitrogens with zero attached hydrogens (tertiary/aromatic N) is 3. The first-order valence-electron chi connectivity index (χ1n) is 20.7. The summed E-state index contributed by atoms with van der Waals surface area (Å²) in [5.41, 5.74) is 0.363. The molecule has 4 N–H and O–H groups in total. The van der Waals surface area contributed by atoms with Crippen molar-refractivity contribution in [3.05, 3.63) is 74.3 Å². The number of unbranched alkanes of at least 4 members (excludes halogenated alkanes) is 2. The SMILES string of the molecule is CC[C@@]1(O)C(=O)OCc2c1cc1n(c2=O)Cc2cc3c(CNC(=O)COCNC(=O)[C@H](C)CC(=O)[C@@H](NC(=O)CCCCCN4C(=O)C=CC4=O)C(C)C)c(C)c(F)cc3nc2-1. The average molecular weight is 859 g/mol. The first-order valence-corrected chi connectivity index (χ1v) is 20.7. The van der Waals surface area contributed by atoms with Gasteiger partial charge in [0, 0.05) is 66.6 Å². The number of ketones is 1. The zero-order chi connectivity index (χ0) is 45.0. The highest BCUT2D eigenvalue weighted by Crippen LogP contribution is 2.39. The van der Waals surface area contributed by atoms with Crippen molar-refractivity contribution in [3.8, 4) is 11.4 Å². The summed E-state index contributed by atoms with van der Waals surface area (Å²) < 4.78 is 27.3. The number of halogens is 1. The molecule has 0 fully saturated rings. The minimum absolute atomic E-state index is 0.0104. The number of pyridine rings is 2. The van der Waals surface area contributed by atoms with Gasteiger partial charge in [-0.05, 0) is 55.4 Å². The molecule has 0 saturated carbocycles. The number of aromatic nitrogens is 2. The van der Waals surface area contributed by atoms with Crippen LogP contribution in [0.15, 0.2) is 35.1 Å². The third-order valence-corrected chi connectivity index (χ3v) is 11.7. The van der Waals surface area contributed by atoms with Crippen LogP contribution in [-0.4, -0.2) is 86.8 Å². The van der Waals surface area contributed by atoms with Crippen molar-refractivity contribution in [2.24, 2.45) is 11.8 Å². The Morgan fingerprint density at radius 1 is 1.00 bits per heavy atom. The number of aliphatic hydroxyl groups is 1. The first-order chi connectivity index (χ1) is 29.4. The van der Waals surface area contributed by atoms with Gasteiger partial charge >= 0.3 is 5.97 Å². The monoisotopic (exact) mass is 858 g/mol. The summed E-state index contributed by atoms with van der Waals surface area (Å²) in [6.07, 6.45) is 4.10. The molecule has 0 aliphatic carbocycles. The quantitative estimate of drug-likeness (QED) is 0.0461. The molecule has 17 nitrogen and oxygen atoms in total. The van der Waals surface area contributed by atoms with Crippen LogP contribution in [-0.2, 0) is 68.3 Å². The van der Waals surface area contributed by atoms with Crippen LogP contribution in [0.1, 0.15) is 94.0 Å². The molecular formula is C44H51FN6O11. The fourth-order valence-corrected chi connectivity index (χ4v) is 7.94. The highest BCUT2D eigenvalue weighted by molar-refractivity contribution is 6.12. The summed E-state index contributed by atoms with van der Waals surface area (Å²) in [6, 6.07) is 3.82. The molecule has 330 valence electrons. The van der Waals surface area contributed by atoms with Crippen molar-refractivity contribution >= 4 is 52.2 Å². The first kappa shape index (κ1) is 45.4. The number of imide groups is 1. The number of nitrogens with one attached hydrogen (secondary N) is 3. The molecule has 18 heteroatoms. The van der Waals surface area contributed by atoms with E-state index in [-0.39, 0.29) is 104 Å². The van der Waals surface area contributed by atoms with E-state index in [0.717, 1.165) is 4.90 Å². The number of hydrogen-bond donors (Lipinski definition) is 4. The van der Waals surface area contributed by atoms with Crippen LogP contribution in [0.3, 0.4) is 0 Å². The zero-order valence-corrected chi connectivity index (χ0v) is 35.4. The minimum Gasteiger partial charge on any atom is -0.458 e. The molecular weight excluding hydrogens is 808 g/mol. The highest BCUT2D eigenvalue weighted by Gasteiger charge is 2.45. The fourth-order valence-electron chi connectivity index (χ4n) is 7.94. The van der Waals surface area contributed by atoms with E-state index in [2.05, 4.69) is 16.0 Å². The molecule has 6 rings (SSSR count). The standard InChI is InChI=1S/C44H51FN6O11/c1-6-44(60)30-16-33-40-26(19-51(33)42(58)29(30)20-62-43(44)59)15-27-28(25(5)31(45)17-32(27)48-40)18-46-36(54)21-61-22-47-41(57)24(4)14-34(52)39(23(2)3)49-35(53)10-8-7-9-13-50-37(55)11-12-38(50)56/h11-12,15-17,23-24,39,60H,6-10,13-14,18-22H2,1-5H3,(H,46,54)(H,47,57)(H,49,53)/t24-,39+,44+/m1/s1. The van der Waals surface area contributed by atoms with Crippen molar-refractivity contribution in [3.63, 3.8) is 0 Å². The predicted molar refractivity (Wildman–Crippen MR) is 220 cm³/mol. The maximum atomic E-state index is 15.3. The van der Waals surface area contributed by atoms with E-state index in [4.69, 9.17) is 14.5 Å². The van der Waals surface area contributed by atoms with Crippen LogP contribution in [0.5, 0.6) is 0 Å². The zero-order valence-electron chi connectivity index (χ0n) is 35.4. The van der Waals surface area contributed by atoms with Crippen molar-refractivity contribution in [1.29, 1.82) is 0 Å². The van der Waals surface area contributed by atoms with Gasteiger partial charge in [0.05, 0.1) is 35.1 Å². The Balaban J connectivity index is 0.971. The lowest BCUT2D eigenvalue weighted by Crippen LogP contribution is -2.45. The Labute approximate surface area is 356 Å². The molecule has 3 aliphatic rings. The maximum Gasteiger partial charge on any atom is 0.343 e. The number of rotatable bonds is 19. The van der Waals surface area contributed by atoms with Crippen LogP contribution in [0.2, 0.25) is 0 Å². The van der Waals surface area contributed by atoms with Crippen LogP contribution >= 0.6 is 0 Å². The molecule has 1 aromatic carbocycles. The van der Waals surface area contributed by atoms with Gasteiger partial charge in [0.2, 0.25) is 17.7 Å². The van der Waals surface area contributed by atoms with E-state index < -0.39 is 53.3 Å². The Kier molecular flexibility index (Phi) is 13.8. The molecule has 0 spiro atoms. The Morgan fingerprint density at radius 3 is 2.42 bits per heavy atom. The molecule has 5 heterocycles. The van der Waals surface area contributed by atoms with Gasteiger partial charge in [-0.3, -0.25) is 38.5 Å². The van der Waals surface area contributed by atoms with E-state index in [1.54, 1.807) is 46.8 Å². The second-order valence-electron chi connectivity index (χ2n) is 16.3. The topological polar surface area (TPSA) is 232 Å². The number of hydrogen-bond acceptors (Lipinski definition) is 12. The summed E-state index contributed by atoms with van der Waals surface area (Å²) in [4.78, 5) is 107. The van der Waals surface area contributed by atoms with Crippen molar-refractivity contribution in [2.75, 3.05) is 19.9 Å². The predicted octanol–water partition coefficient (Wildman–Crippen LogP) is 2.46. The second-order valence-corrected chi connectivity index (χ2v) is 16.3. The van der Waals surface area contributed by atoms with E-state index in [1.165, 1.54) is 22.8 Å². The summed E-state index contributed by atoms with van der Waals surface area (Å²) >= 11 is 0. The number of esters is 1. The van der Waals surface area contributed by atoms with Gasteiger partial charge < -0.3 is 35.1 Å². The highest BCUT2D eigenvalue weighted by atomic mass is 19.1. The number of Topliss-reactive ketones (excluding diaryl/α,β-unsaturated/α-hetero) is 1. The fraction of sp³-hybridized carbons (Fsp3) is 0.477. The minimum atomic E-state index is -1.99. The molecule has 5 amide bonds. The van der Waals surface area contributed by atoms with Gasteiger partial charge in [0.15, 0.2) is 11.4 Å².